The van der Waals surface area contributed by atoms with Crippen LogP contribution in [0, 0.1) is 0 Å². The summed E-state index contributed by atoms with van der Waals surface area (Å²) < 4.78 is 7.37. The molecule has 0 saturated carbocycles. The Morgan fingerprint density at radius 2 is 2.00 bits per heavy atom. The summed E-state index contributed by atoms with van der Waals surface area (Å²) in [5, 5.41) is 5.49. The van der Waals surface area contributed by atoms with Crippen LogP contribution in [0.4, 0.5) is 0 Å². The molecule has 0 unspecified atom stereocenters. The lowest BCUT2D eigenvalue weighted by Gasteiger charge is -2.09. The Labute approximate surface area is 195 Å². The number of carbonyl (C=O) groups excluding carboxylic acids is 1. The third kappa shape index (κ3) is 5.69. The molecule has 1 amide bonds. The Morgan fingerprint density at radius 3 is 2.78 bits per heavy atom. The lowest BCUT2D eigenvalue weighted by atomic mass is 10.2. The SMILES string of the molecule is CC(/C=N/NC(=O)CSc1nc2ccccc2n1Cc1ccc(Cl)cc1)=C\c1ccco1. The average molecular weight is 465 g/mol. The predicted octanol–water partition coefficient (Wildman–Crippen LogP) is 5.63. The fourth-order valence-corrected chi connectivity index (χ4v) is 4.02. The molecule has 0 bridgehead atoms. The van der Waals surface area contributed by atoms with Crippen LogP contribution in [-0.4, -0.2) is 27.4 Å². The van der Waals surface area contributed by atoms with Crippen molar-refractivity contribution in [3.63, 3.8) is 0 Å². The first kappa shape index (κ1) is 21.9. The lowest BCUT2D eigenvalue weighted by molar-refractivity contribution is -0.118. The number of carbonyl (C=O) groups is 1. The molecule has 0 aliphatic carbocycles. The van der Waals surface area contributed by atoms with Gasteiger partial charge in [0.1, 0.15) is 5.76 Å². The van der Waals surface area contributed by atoms with E-state index >= 15 is 0 Å². The van der Waals surface area contributed by atoms with E-state index in [1.165, 1.54) is 11.8 Å². The van der Waals surface area contributed by atoms with Crippen LogP contribution in [0.25, 0.3) is 17.1 Å². The molecule has 8 heteroatoms. The highest BCUT2D eigenvalue weighted by molar-refractivity contribution is 7.99. The van der Waals surface area contributed by atoms with Gasteiger partial charge in [-0.3, -0.25) is 4.79 Å². The van der Waals surface area contributed by atoms with Crippen molar-refractivity contribution >= 4 is 52.6 Å². The van der Waals surface area contributed by atoms with Gasteiger partial charge in [0.2, 0.25) is 0 Å². The van der Waals surface area contributed by atoms with Gasteiger partial charge in [-0.15, -0.1) is 0 Å². The van der Waals surface area contributed by atoms with Crippen LogP contribution in [0.15, 0.2) is 87.2 Å². The number of aromatic nitrogens is 2. The van der Waals surface area contributed by atoms with Gasteiger partial charge in [-0.1, -0.05) is 47.6 Å². The Hall–Kier alpha value is -3.29. The standard InChI is InChI=1S/C24H21ClN4O2S/c1-17(13-20-5-4-12-31-20)14-26-28-23(30)16-32-24-27-21-6-2-3-7-22(21)29(24)15-18-8-10-19(25)11-9-18/h2-14H,15-16H2,1H3,(H,28,30)/b17-13+,26-14+. The minimum Gasteiger partial charge on any atom is -0.465 e. The van der Waals surface area contributed by atoms with Crippen molar-refractivity contribution in [1.82, 2.24) is 15.0 Å². The number of nitrogens with zero attached hydrogens (tertiary/aromatic N) is 3. The predicted molar refractivity (Wildman–Crippen MR) is 130 cm³/mol. The second-order valence-electron chi connectivity index (χ2n) is 7.08. The molecule has 0 radical (unpaired) electrons. The van der Waals surface area contributed by atoms with Crippen LogP contribution < -0.4 is 5.43 Å². The average Bonchev–Trinajstić information content (AvgIpc) is 3.42. The number of benzene rings is 2. The minimum atomic E-state index is -0.206. The molecule has 0 saturated heterocycles. The molecule has 0 atom stereocenters. The fraction of sp³-hybridized carbons (Fsp3) is 0.125. The highest BCUT2D eigenvalue weighted by atomic mass is 35.5. The number of furan rings is 1. The van der Waals surface area contributed by atoms with Crippen molar-refractivity contribution in [2.75, 3.05) is 5.75 Å². The first-order chi connectivity index (χ1) is 15.6. The number of allylic oxidation sites excluding steroid dienone is 1. The molecule has 0 spiro atoms. The van der Waals surface area contributed by atoms with E-state index in [0.717, 1.165) is 33.1 Å². The van der Waals surface area contributed by atoms with E-state index < -0.39 is 0 Å². The number of hydrazone groups is 1. The Bertz CT molecular complexity index is 1260. The Morgan fingerprint density at radius 1 is 1.19 bits per heavy atom. The van der Waals surface area contributed by atoms with Crippen molar-refractivity contribution in [2.24, 2.45) is 5.10 Å². The summed E-state index contributed by atoms with van der Waals surface area (Å²) in [5.41, 5.74) is 6.43. The van der Waals surface area contributed by atoms with Crippen LogP contribution in [0.2, 0.25) is 5.02 Å². The molecular weight excluding hydrogens is 444 g/mol. The number of hydrogen-bond acceptors (Lipinski definition) is 5. The second kappa shape index (κ2) is 10.3. The maximum absolute atomic E-state index is 12.3. The third-order valence-corrected chi connectivity index (χ3v) is 5.80. The van der Waals surface area contributed by atoms with Crippen molar-refractivity contribution < 1.29 is 9.21 Å². The summed E-state index contributed by atoms with van der Waals surface area (Å²) in [6, 6.07) is 19.3. The highest BCUT2D eigenvalue weighted by Crippen LogP contribution is 2.25. The van der Waals surface area contributed by atoms with Gasteiger partial charge in [0.25, 0.3) is 5.91 Å². The first-order valence-electron chi connectivity index (χ1n) is 9.95. The topological polar surface area (TPSA) is 72.4 Å². The van der Waals surface area contributed by atoms with E-state index in [1.807, 2.05) is 73.7 Å². The number of imidazole rings is 1. The smallest absolute Gasteiger partial charge is 0.250 e. The molecule has 0 aliphatic heterocycles. The van der Waals surface area contributed by atoms with Gasteiger partial charge in [-0.25, -0.2) is 10.4 Å². The lowest BCUT2D eigenvalue weighted by Crippen LogP contribution is -2.20. The maximum atomic E-state index is 12.3. The van der Waals surface area contributed by atoms with Crippen LogP contribution in [0.5, 0.6) is 0 Å². The zero-order chi connectivity index (χ0) is 22.3. The van der Waals surface area contributed by atoms with Crippen LogP contribution in [-0.2, 0) is 11.3 Å². The molecule has 4 rings (SSSR count). The van der Waals surface area contributed by atoms with Gasteiger partial charge >= 0.3 is 0 Å². The molecule has 0 fully saturated rings. The van der Waals surface area contributed by atoms with Gasteiger partial charge in [-0.05, 0) is 60.5 Å². The quantitative estimate of drug-likeness (QED) is 0.208. The Balaban J connectivity index is 1.41. The monoisotopic (exact) mass is 464 g/mol. The number of fused-ring (bicyclic) bond motifs is 1. The van der Waals surface area contributed by atoms with E-state index in [-0.39, 0.29) is 11.7 Å². The third-order valence-electron chi connectivity index (χ3n) is 4.58. The van der Waals surface area contributed by atoms with Gasteiger partial charge in [0.05, 0.1) is 35.8 Å². The van der Waals surface area contributed by atoms with Crippen LogP contribution in [0.3, 0.4) is 0 Å². The summed E-state index contributed by atoms with van der Waals surface area (Å²) in [7, 11) is 0. The van der Waals surface area contributed by atoms with Gasteiger partial charge in [0, 0.05) is 5.02 Å². The van der Waals surface area contributed by atoms with Crippen molar-refractivity contribution in [2.45, 2.75) is 18.6 Å². The molecule has 1 N–H and O–H groups in total. The fourth-order valence-electron chi connectivity index (χ4n) is 3.09. The molecule has 32 heavy (non-hydrogen) atoms. The maximum Gasteiger partial charge on any atom is 0.250 e. The van der Waals surface area contributed by atoms with E-state index in [2.05, 4.69) is 15.1 Å². The molecule has 2 aromatic heterocycles. The normalized spacial score (nSPS) is 12.0. The molecule has 6 nitrogen and oxygen atoms in total. The second-order valence-corrected chi connectivity index (χ2v) is 8.46. The summed E-state index contributed by atoms with van der Waals surface area (Å²) in [6.07, 6.45) is 5.03. The van der Waals surface area contributed by atoms with Crippen LogP contribution in [0.1, 0.15) is 18.2 Å². The molecule has 4 aromatic rings. The van der Waals surface area contributed by atoms with E-state index in [1.54, 1.807) is 12.5 Å². The highest BCUT2D eigenvalue weighted by Gasteiger charge is 2.13. The zero-order valence-corrected chi connectivity index (χ0v) is 18.9. The van der Waals surface area contributed by atoms with Gasteiger partial charge in [-0.2, -0.15) is 5.10 Å². The van der Waals surface area contributed by atoms with Crippen molar-refractivity contribution in [3.8, 4) is 0 Å². The number of halogens is 1. The summed E-state index contributed by atoms with van der Waals surface area (Å²) in [6.45, 7) is 2.52. The van der Waals surface area contributed by atoms with E-state index in [4.69, 9.17) is 21.0 Å². The molecule has 162 valence electrons. The molecule has 0 aliphatic rings. The van der Waals surface area contributed by atoms with E-state index in [9.17, 15) is 4.79 Å². The largest absolute Gasteiger partial charge is 0.465 e. The van der Waals surface area contributed by atoms with Gasteiger partial charge < -0.3 is 8.98 Å². The number of hydrogen-bond donors (Lipinski definition) is 1. The molecule has 2 heterocycles. The summed E-state index contributed by atoms with van der Waals surface area (Å²) >= 11 is 7.39. The van der Waals surface area contributed by atoms with Crippen molar-refractivity contribution in [1.29, 1.82) is 0 Å². The molecular formula is C24H21ClN4O2S. The Kier molecular flexibility index (Phi) is 7.09. The first-order valence-corrected chi connectivity index (χ1v) is 11.3. The van der Waals surface area contributed by atoms with Crippen molar-refractivity contribution in [3.05, 3.63) is 88.8 Å². The number of thioether (sulfide) groups is 1. The number of nitrogens with one attached hydrogen (secondary N) is 1. The number of amides is 1. The summed E-state index contributed by atoms with van der Waals surface area (Å²) in [5.74, 6) is 0.722. The summed E-state index contributed by atoms with van der Waals surface area (Å²) in [4.78, 5) is 17.0. The molecule has 2 aromatic carbocycles. The van der Waals surface area contributed by atoms with E-state index in [0.29, 0.717) is 11.6 Å². The zero-order valence-electron chi connectivity index (χ0n) is 17.4. The number of para-hydroxylation sites is 2. The number of rotatable bonds is 8. The van der Waals surface area contributed by atoms with Gasteiger partial charge in [0.15, 0.2) is 5.16 Å². The van der Waals surface area contributed by atoms with Crippen LogP contribution >= 0.6 is 23.4 Å². The minimum absolute atomic E-state index is 0.197.